The zero-order chi connectivity index (χ0) is 9.97. The van der Waals surface area contributed by atoms with Crippen molar-refractivity contribution in [1.82, 2.24) is 0 Å². The van der Waals surface area contributed by atoms with Gasteiger partial charge < -0.3 is 10.5 Å². The molecule has 0 aromatic heterocycles. The smallest absolute Gasteiger partial charge is 0.119 e. The quantitative estimate of drug-likeness (QED) is 0.688. The minimum atomic E-state index is 0.338. The van der Waals surface area contributed by atoms with E-state index in [1.807, 2.05) is 6.07 Å². The molecule has 0 spiro atoms. The predicted molar refractivity (Wildman–Crippen MR) is 57.6 cm³/mol. The Kier molecular flexibility index (Phi) is 2.73. The topological polar surface area (TPSA) is 35.2 Å². The molecule has 2 N–H and O–H groups in total. The van der Waals surface area contributed by atoms with Crippen LogP contribution in [0.4, 0.5) is 0 Å². The summed E-state index contributed by atoms with van der Waals surface area (Å²) in [7, 11) is 1.71. The van der Waals surface area contributed by atoms with E-state index in [1.165, 1.54) is 17.5 Å². The summed E-state index contributed by atoms with van der Waals surface area (Å²) in [5.74, 6) is 0.958. The standard InChI is InChI=1S/C12H17NO/c1-14-12-6-5-10-7-11(13)4-2-3-9(10)8-12/h5-6,8,11H,2-4,7,13H2,1H3. The van der Waals surface area contributed by atoms with Crippen molar-refractivity contribution < 1.29 is 4.74 Å². The fourth-order valence-corrected chi connectivity index (χ4v) is 2.10. The van der Waals surface area contributed by atoms with Gasteiger partial charge in [0.15, 0.2) is 0 Å². The van der Waals surface area contributed by atoms with Crippen molar-refractivity contribution in [2.45, 2.75) is 31.7 Å². The molecule has 1 aliphatic carbocycles. The Morgan fingerprint density at radius 3 is 3.00 bits per heavy atom. The van der Waals surface area contributed by atoms with Crippen LogP contribution in [0.25, 0.3) is 0 Å². The van der Waals surface area contributed by atoms with Gasteiger partial charge in [0.05, 0.1) is 7.11 Å². The lowest BCUT2D eigenvalue weighted by atomic mass is 10.0. The molecule has 14 heavy (non-hydrogen) atoms. The molecule has 2 nitrogen and oxygen atoms in total. The summed E-state index contributed by atoms with van der Waals surface area (Å²) in [5, 5.41) is 0. The number of aryl methyl sites for hydroxylation is 1. The van der Waals surface area contributed by atoms with Gasteiger partial charge in [-0.15, -0.1) is 0 Å². The first-order valence-corrected chi connectivity index (χ1v) is 5.21. The van der Waals surface area contributed by atoms with E-state index in [9.17, 15) is 0 Å². The summed E-state index contributed by atoms with van der Waals surface area (Å²) in [6.45, 7) is 0. The van der Waals surface area contributed by atoms with Crippen LogP contribution in [0.5, 0.6) is 5.75 Å². The van der Waals surface area contributed by atoms with E-state index in [2.05, 4.69) is 12.1 Å². The lowest BCUT2D eigenvalue weighted by Crippen LogP contribution is -2.21. The van der Waals surface area contributed by atoms with Crippen LogP contribution in [0.1, 0.15) is 24.0 Å². The molecular formula is C12H17NO. The van der Waals surface area contributed by atoms with E-state index < -0.39 is 0 Å². The maximum atomic E-state index is 5.99. The summed E-state index contributed by atoms with van der Waals surface area (Å²) in [4.78, 5) is 0. The number of ether oxygens (including phenoxy) is 1. The average molecular weight is 191 g/mol. The van der Waals surface area contributed by atoms with Crippen molar-refractivity contribution >= 4 is 0 Å². The van der Waals surface area contributed by atoms with E-state index in [1.54, 1.807) is 7.11 Å². The predicted octanol–water partition coefficient (Wildman–Crippen LogP) is 1.90. The molecular weight excluding hydrogens is 174 g/mol. The summed E-state index contributed by atoms with van der Waals surface area (Å²) in [5.41, 5.74) is 8.80. The highest BCUT2D eigenvalue weighted by Gasteiger charge is 2.13. The number of fused-ring (bicyclic) bond motifs is 1. The van der Waals surface area contributed by atoms with Crippen molar-refractivity contribution in [2.24, 2.45) is 5.73 Å². The van der Waals surface area contributed by atoms with Gasteiger partial charge in [-0.3, -0.25) is 0 Å². The molecule has 0 saturated carbocycles. The van der Waals surface area contributed by atoms with Crippen molar-refractivity contribution in [3.63, 3.8) is 0 Å². The molecule has 2 rings (SSSR count). The van der Waals surface area contributed by atoms with Crippen LogP contribution in [-0.2, 0) is 12.8 Å². The third-order valence-electron chi connectivity index (χ3n) is 2.92. The molecule has 0 heterocycles. The van der Waals surface area contributed by atoms with Crippen LogP contribution in [-0.4, -0.2) is 13.2 Å². The highest BCUT2D eigenvalue weighted by molar-refractivity contribution is 5.36. The molecule has 0 radical (unpaired) electrons. The monoisotopic (exact) mass is 191 g/mol. The van der Waals surface area contributed by atoms with Crippen LogP contribution in [0.3, 0.4) is 0 Å². The van der Waals surface area contributed by atoms with Gasteiger partial charge in [0.1, 0.15) is 5.75 Å². The maximum absolute atomic E-state index is 5.99. The highest BCUT2D eigenvalue weighted by Crippen LogP contribution is 2.24. The largest absolute Gasteiger partial charge is 0.497 e. The molecule has 0 saturated heterocycles. The van der Waals surface area contributed by atoms with Gasteiger partial charge in [-0.1, -0.05) is 6.07 Å². The Morgan fingerprint density at radius 2 is 2.21 bits per heavy atom. The van der Waals surface area contributed by atoms with E-state index in [4.69, 9.17) is 10.5 Å². The third kappa shape index (κ3) is 1.90. The van der Waals surface area contributed by atoms with Crippen LogP contribution < -0.4 is 10.5 Å². The van der Waals surface area contributed by atoms with E-state index in [0.717, 1.165) is 25.0 Å². The van der Waals surface area contributed by atoms with Crippen molar-refractivity contribution in [2.75, 3.05) is 7.11 Å². The summed E-state index contributed by atoms with van der Waals surface area (Å²) in [6, 6.07) is 6.66. The second-order valence-electron chi connectivity index (χ2n) is 3.99. The van der Waals surface area contributed by atoms with Gasteiger partial charge in [-0.05, 0) is 48.9 Å². The first-order valence-electron chi connectivity index (χ1n) is 5.21. The molecule has 0 aliphatic heterocycles. The summed E-state index contributed by atoms with van der Waals surface area (Å²) >= 11 is 0. The van der Waals surface area contributed by atoms with E-state index in [-0.39, 0.29) is 0 Å². The van der Waals surface area contributed by atoms with Gasteiger partial charge in [0, 0.05) is 6.04 Å². The molecule has 2 heteroatoms. The molecule has 76 valence electrons. The summed E-state index contributed by atoms with van der Waals surface area (Å²) in [6.07, 6.45) is 4.48. The molecule has 0 fully saturated rings. The number of methoxy groups -OCH3 is 1. The minimum Gasteiger partial charge on any atom is -0.497 e. The van der Waals surface area contributed by atoms with Crippen molar-refractivity contribution in [3.05, 3.63) is 29.3 Å². The van der Waals surface area contributed by atoms with Gasteiger partial charge in [-0.25, -0.2) is 0 Å². The van der Waals surface area contributed by atoms with Gasteiger partial charge in [0.2, 0.25) is 0 Å². The lowest BCUT2D eigenvalue weighted by Gasteiger charge is -2.09. The molecule has 0 amide bonds. The van der Waals surface area contributed by atoms with Crippen LogP contribution in [0.15, 0.2) is 18.2 Å². The number of nitrogens with two attached hydrogens (primary N) is 1. The minimum absolute atomic E-state index is 0.338. The Bertz CT molecular complexity index is 322. The fraction of sp³-hybridized carbons (Fsp3) is 0.500. The first kappa shape index (κ1) is 9.53. The molecule has 1 aliphatic rings. The highest BCUT2D eigenvalue weighted by atomic mass is 16.5. The number of hydrogen-bond acceptors (Lipinski definition) is 2. The molecule has 0 bridgehead atoms. The molecule has 1 aromatic rings. The second kappa shape index (κ2) is 4.01. The fourth-order valence-electron chi connectivity index (χ4n) is 2.10. The van der Waals surface area contributed by atoms with Gasteiger partial charge in [0.25, 0.3) is 0 Å². The number of rotatable bonds is 1. The van der Waals surface area contributed by atoms with Crippen LogP contribution >= 0.6 is 0 Å². The molecule has 1 aromatic carbocycles. The first-order chi connectivity index (χ1) is 6.79. The Morgan fingerprint density at radius 1 is 1.36 bits per heavy atom. The Hall–Kier alpha value is -1.02. The number of benzene rings is 1. The van der Waals surface area contributed by atoms with E-state index in [0.29, 0.717) is 6.04 Å². The molecule has 1 unspecified atom stereocenters. The Balaban J connectivity index is 2.31. The van der Waals surface area contributed by atoms with Crippen LogP contribution in [0, 0.1) is 0 Å². The van der Waals surface area contributed by atoms with Gasteiger partial charge >= 0.3 is 0 Å². The van der Waals surface area contributed by atoms with Crippen LogP contribution in [0.2, 0.25) is 0 Å². The Labute approximate surface area is 85.1 Å². The van der Waals surface area contributed by atoms with Crippen molar-refractivity contribution in [1.29, 1.82) is 0 Å². The maximum Gasteiger partial charge on any atom is 0.119 e. The zero-order valence-electron chi connectivity index (χ0n) is 8.62. The normalized spacial score (nSPS) is 21.1. The lowest BCUT2D eigenvalue weighted by molar-refractivity contribution is 0.414. The second-order valence-corrected chi connectivity index (χ2v) is 3.99. The zero-order valence-corrected chi connectivity index (χ0v) is 8.62. The molecule has 1 atom stereocenters. The van der Waals surface area contributed by atoms with E-state index >= 15 is 0 Å². The average Bonchev–Trinajstić information content (AvgIpc) is 2.37. The number of hydrogen-bond donors (Lipinski definition) is 1. The third-order valence-corrected chi connectivity index (χ3v) is 2.92. The SMILES string of the molecule is COc1ccc2c(c1)CCCC(N)C2. The van der Waals surface area contributed by atoms with Gasteiger partial charge in [-0.2, -0.15) is 0 Å². The van der Waals surface area contributed by atoms with Crippen molar-refractivity contribution in [3.8, 4) is 5.75 Å². The summed E-state index contributed by atoms with van der Waals surface area (Å²) < 4.78 is 5.22.